The first-order valence-electron chi connectivity index (χ1n) is 9.26. The van der Waals surface area contributed by atoms with Gasteiger partial charge in [0.05, 0.1) is 6.54 Å². The maximum Gasteiger partial charge on any atom is 0.191 e. The van der Waals surface area contributed by atoms with E-state index in [0.29, 0.717) is 6.54 Å². The number of hydrogen-bond acceptors (Lipinski definition) is 4. The number of hydrogen-bond donors (Lipinski definition) is 3. The van der Waals surface area contributed by atoms with Crippen LogP contribution in [-0.4, -0.2) is 49.8 Å². The minimum absolute atomic E-state index is 0.105. The molecule has 25 heavy (non-hydrogen) atoms. The number of pyridine rings is 1. The highest BCUT2D eigenvalue weighted by Gasteiger charge is 2.25. The Hall–Kier alpha value is -1.82. The van der Waals surface area contributed by atoms with Gasteiger partial charge in [0, 0.05) is 45.6 Å². The number of anilines is 1. The molecule has 0 aliphatic rings. The van der Waals surface area contributed by atoms with E-state index in [1.807, 2.05) is 25.1 Å². The SMILES string of the molecule is CCNC(=NCc1cccnc1N(C)C)NCC(CC)(CC)CCO. The highest BCUT2D eigenvalue weighted by Crippen LogP contribution is 2.29. The van der Waals surface area contributed by atoms with Gasteiger partial charge in [-0.15, -0.1) is 0 Å². The number of aliphatic hydroxyl groups excluding tert-OH is 1. The zero-order valence-electron chi connectivity index (χ0n) is 16.5. The van der Waals surface area contributed by atoms with Crippen LogP contribution in [-0.2, 0) is 6.54 Å². The molecule has 0 amide bonds. The molecular formula is C19H35N5O. The van der Waals surface area contributed by atoms with Crippen molar-refractivity contribution in [2.24, 2.45) is 10.4 Å². The predicted molar refractivity (Wildman–Crippen MR) is 106 cm³/mol. The van der Waals surface area contributed by atoms with E-state index >= 15 is 0 Å². The molecule has 0 saturated heterocycles. The number of nitrogens with zero attached hydrogens (tertiary/aromatic N) is 3. The molecule has 0 atom stereocenters. The average Bonchev–Trinajstić information content (AvgIpc) is 2.63. The Morgan fingerprint density at radius 2 is 1.96 bits per heavy atom. The molecule has 142 valence electrons. The summed E-state index contributed by atoms with van der Waals surface area (Å²) in [6, 6.07) is 4.00. The van der Waals surface area contributed by atoms with Gasteiger partial charge in [0.2, 0.25) is 0 Å². The van der Waals surface area contributed by atoms with Crippen LogP contribution < -0.4 is 15.5 Å². The molecule has 6 nitrogen and oxygen atoms in total. The number of nitrogens with one attached hydrogen (secondary N) is 2. The Morgan fingerprint density at radius 3 is 2.52 bits per heavy atom. The van der Waals surface area contributed by atoms with Crippen LogP contribution in [0.15, 0.2) is 23.3 Å². The summed E-state index contributed by atoms with van der Waals surface area (Å²) < 4.78 is 0. The van der Waals surface area contributed by atoms with Crippen molar-refractivity contribution in [3.05, 3.63) is 23.9 Å². The Bertz CT molecular complexity index is 526. The quantitative estimate of drug-likeness (QED) is 0.447. The van der Waals surface area contributed by atoms with E-state index in [4.69, 9.17) is 4.99 Å². The maximum atomic E-state index is 9.38. The lowest BCUT2D eigenvalue weighted by Gasteiger charge is -2.32. The van der Waals surface area contributed by atoms with Gasteiger partial charge in [-0.3, -0.25) is 0 Å². The van der Waals surface area contributed by atoms with Gasteiger partial charge in [-0.2, -0.15) is 0 Å². The fourth-order valence-corrected chi connectivity index (χ4v) is 2.91. The highest BCUT2D eigenvalue weighted by atomic mass is 16.3. The second-order valence-corrected chi connectivity index (χ2v) is 6.61. The van der Waals surface area contributed by atoms with Gasteiger partial charge in [-0.05, 0) is 37.7 Å². The minimum Gasteiger partial charge on any atom is -0.396 e. The van der Waals surface area contributed by atoms with Crippen LogP contribution in [0.25, 0.3) is 0 Å². The van der Waals surface area contributed by atoms with Crippen molar-refractivity contribution in [2.45, 2.75) is 46.6 Å². The highest BCUT2D eigenvalue weighted by molar-refractivity contribution is 5.79. The molecule has 6 heteroatoms. The van der Waals surface area contributed by atoms with Crippen LogP contribution in [0, 0.1) is 5.41 Å². The third-order valence-corrected chi connectivity index (χ3v) is 4.82. The predicted octanol–water partition coefficient (Wildman–Crippen LogP) is 2.39. The van der Waals surface area contributed by atoms with Gasteiger partial charge < -0.3 is 20.6 Å². The van der Waals surface area contributed by atoms with Crippen molar-refractivity contribution in [3.63, 3.8) is 0 Å². The molecule has 1 heterocycles. The first-order valence-corrected chi connectivity index (χ1v) is 9.26. The Kier molecular flexibility index (Phi) is 9.27. The summed E-state index contributed by atoms with van der Waals surface area (Å²) in [6.07, 6.45) is 4.67. The van der Waals surface area contributed by atoms with E-state index in [1.165, 1.54) is 0 Å². The van der Waals surface area contributed by atoms with Crippen molar-refractivity contribution in [1.82, 2.24) is 15.6 Å². The van der Waals surface area contributed by atoms with E-state index in [9.17, 15) is 5.11 Å². The fourth-order valence-electron chi connectivity index (χ4n) is 2.91. The molecule has 0 aliphatic heterocycles. The molecule has 0 aromatic carbocycles. The second-order valence-electron chi connectivity index (χ2n) is 6.61. The number of aliphatic imine (C=N–C) groups is 1. The van der Waals surface area contributed by atoms with Crippen LogP contribution in [0.4, 0.5) is 5.82 Å². The first-order chi connectivity index (χ1) is 12.0. The molecule has 0 spiro atoms. The van der Waals surface area contributed by atoms with Crippen LogP contribution in [0.5, 0.6) is 0 Å². The molecule has 3 N–H and O–H groups in total. The van der Waals surface area contributed by atoms with Crippen LogP contribution in [0.3, 0.4) is 0 Å². The summed E-state index contributed by atoms with van der Waals surface area (Å²) in [5.74, 6) is 1.75. The lowest BCUT2D eigenvalue weighted by molar-refractivity contribution is 0.169. The molecule has 0 unspecified atom stereocenters. The van der Waals surface area contributed by atoms with E-state index in [1.54, 1.807) is 6.20 Å². The monoisotopic (exact) mass is 349 g/mol. The zero-order valence-corrected chi connectivity index (χ0v) is 16.5. The van der Waals surface area contributed by atoms with Gasteiger partial charge in [0.1, 0.15) is 5.82 Å². The van der Waals surface area contributed by atoms with Crippen LogP contribution in [0.2, 0.25) is 0 Å². The molecule has 1 aromatic rings. The van der Waals surface area contributed by atoms with Crippen molar-refractivity contribution in [2.75, 3.05) is 38.7 Å². The topological polar surface area (TPSA) is 72.8 Å². The number of guanidine groups is 1. The van der Waals surface area contributed by atoms with E-state index < -0.39 is 0 Å². The van der Waals surface area contributed by atoms with E-state index in [0.717, 1.165) is 49.7 Å². The molecule has 1 rings (SSSR count). The minimum atomic E-state index is 0.105. The molecular weight excluding hydrogens is 314 g/mol. The summed E-state index contributed by atoms with van der Waals surface area (Å²) in [6.45, 7) is 8.84. The van der Waals surface area contributed by atoms with Crippen molar-refractivity contribution >= 4 is 11.8 Å². The van der Waals surface area contributed by atoms with Gasteiger partial charge in [0.25, 0.3) is 0 Å². The van der Waals surface area contributed by atoms with Crippen molar-refractivity contribution in [3.8, 4) is 0 Å². The van der Waals surface area contributed by atoms with Crippen LogP contribution >= 0.6 is 0 Å². The Labute approximate surface area is 152 Å². The van der Waals surface area contributed by atoms with Crippen molar-refractivity contribution < 1.29 is 5.11 Å². The molecule has 1 aromatic heterocycles. The summed E-state index contributed by atoms with van der Waals surface area (Å²) in [5, 5.41) is 16.1. The van der Waals surface area contributed by atoms with Gasteiger partial charge in [0.15, 0.2) is 5.96 Å². The molecule has 0 radical (unpaired) electrons. The Morgan fingerprint density at radius 1 is 1.24 bits per heavy atom. The van der Waals surface area contributed by atoms with Crippen LogP contribution in [0.1, 0.15) is 45.6 Å². The third-order valence-electron chi connectivity index (χ3n) is 4.82. The fraction of sp³-hybridized carbons (Fsp3) is 0.684. The number of aliphatic hydroxyl groups is 1. The zero-order chi connectivity index (χ0) is 18.7. The van der Waals surface area contributed by atoms with E-state index in [-0.39, 0.29) is 12.0 Å². The molecule has 0 bridgehead atoms. The number of rotatable bonds is 10. The molecule has 0 aliphatic carbocycles. The maximum absolute atomic E-state index is 9.38. The first kappa shape index (κ1) is 21.2. The molecule has 0 saturated carbocycles. The smallest absolute Gasteiger partial charge is 0.191 e. The normalized spacial score (nSPS) is 12.2. The lowest BCUT2D eigenvalue weighted by Crippen LogP contribution is -2.43. The van der Waals surface area contributed by atoms with E-state index in [2.05, 4.69) is 42.5 Å². The van der Waals surface area contributed by atoms with Gasteiger partial charge in [-0.1, -0.05) is 19.9 Å². The second kappa shape index (κ2) is 10.9. The summed E-state index contributed by atoms with van der Waals surface area (Å²) in [5.41, 5.74) is 1.20. The summed E-state index contributed by atoms with van der Waals surface area (Å²) in [7, 11) is 3.98. The largest absolute Gasteiger partial charge is 0.396 e. The standard InChI is InChI=1S/C19H35N5O/c1-6-19(7-2,11-13-25)15-23-18(20-8-3)22-14-16-10-9-12-21-17(16)24(4)5/h9-10,12,25H,6-8,11,13-15H2,1-5H3,(H2,20,22,23). The van der Waals surface area contributed by atoms with Gasteiger partial charge >= 0.3 is 0 Å². The summed E-state index contributed by atoms with van der Waals surface area (Å²) >= 11 is 0. The van der Waals surface area contributed by atoms with Gasteiger partial charge in [-0.25, -0.2) is 9.98 Å². The van der Waals surface area contributed by atoms with Crippen molar-refractivity contribution in [1.29, 1.82) is 0 Å². The Balaban J connectivity index is 2.84. The lowest BCUT2D eigenvalue weighted by atomic mass is 9.79. The number of aromatic nitrogens is 1. The summed E-state index contributed by atoms with van der Waals surface area (Å²) in [4.78, 5) is 11.2. The average molecular weight is 350 g/mol. The molecule has 0 fully saturated rings. The third kappa shape index (κ3) is 6.53.